The lowest BCUT2D eigenvalue weighted by molar-refractivity contribution is -0.108. The molecular weight excluding hydrogens is 577 g/mol. The van der Waals surface area contributed by atoms with Gasteiger partial charge in [-0.05, 0) is 37.8 Å². The first-order valence-corrected chi connectivity index (χ1v) is 19.8. The minimum Gasteiger partial charge on any atom is -0.282 e. The van der Waals surface area contributed by atoms with Gasteiger partial charge in [0.2, 0.25) is 10.2 Å². The molecule has 0 N–H and O–H groups in total. The van der Waals surface area contributed by atoms with Gasteiger partial charge in [-0.3, -0.25) is 9.59 Å². The van der Waals surface area contributed by atoms with E-state index in [0.717, 1.165) is 22.0 Å². The molecule has 0 bridgehead atoms. The number of carbonyl (C=O) groups is 2. The molecule has 0 aromatic rings. The second kappa shape index (κ2) is 15.9. The van der Waals surface area contributed by atoms with Crippen LogP contribution in [0.15, 0.2) is 24.3 Å². The molecule has 192 valence electrons. The molecule has 10 heteroatoms. The molecular formula is C24H36O2S8. The van der Waals surface area contributed by atoms with Crippen LogP contribution < -0.4 is 0 Å². The summed E-state index contributed by atoms with van der Waals surface area (Å²) in [4.78, 5) is 23.7. The highest BCUT2D eigenvalue weighted by Gasteiger charge is 2.32. The van der Waals surface area contributed by atoms with Crippen LogP contribution in [0.25, 0.3) is 0 Å². The molecule has 1 aliphatic carbocycles. The third-order valence-electron chi connectivity index (χ3n) is 5.66. The van der Waals surface area contributed by atoms with E-state index >= 15 is 0 Å². The fraction of sp³-hybridized carbons (Fsp3) is 0.750. The Morgan fingerprint density at radius 3 is 1.53 bits per heavy atom. The molecule has 0 aromatic heterocycles. The molecule has 6 unspecified atom stereocenters. The SMILES string of the molecule is C=C(C)C(=O)SCC1CSC(CSC2CCCCC2SCC2SCC(CSC(=O)C(=C)C)S2)S1. The van der Waals surface area contributed by atoms with Crippen LogP contribution in [0.3, 0.4) is 0 Å². The summed E-state index contributed by atoms with van der Waals surface area (Å²) in [5.41, 5.74) is 1.32. The van der Waals surface area contributed by atoms with E-state index in [9.17, 15) is 9.59 Å². The van der Waals surface area contributed by atoms with Gasteiger partial charge in [-0.15, -0.1) is 47.0 Å². The Kier molecular flexibility index (Phi) is 14.1. The van der Waals surface area contributed by atoms with Crippen molar-refractivity contribution >= 4 is 104 Å². The predicted molar refractivity (Wildman–Crippen MR) is 171 cm³/mol. The Morgan fingerprint density at radius 2 is 1.15 bits per heavy atom. The highest BCUT2D eigenvalue weighted by atomic mass is 32.2. The van der Waals surface area contributed by atoms with Crippen molar-refractivity contribution < 1.29 is 9.59 Å². The van der Waals surface area contributed by atoms with Crippen LogP contribution in [-0.2, 0) is 9.59 Å². The van der Waals surface area contributed by atoms with Crippen molar-refractivity contribution in [2.24, 2.45) is 0 Å². The van der Waals surface area contributed by atoms with Crippen molar-refractivity contribution in [3.8, 4) is 0 Å². The van der Waals surface area contributed by atoms with Crippen LogP contribution >= 0.6 is 94.1 Å². The molecule has 2 saturated heterocycles. The fourth-order valence-electron chi connectivity index (χ4n) is 3.80. The van der Waals surface area contributed by atoms with Crippen LogP contribution in [0.1, 0.15) is 39.5 Å². The Bertz CT molecular complexity index is 670. The molecule has 3 fully saturated rings. The highest BCUT2D eigenvalue weighted by Crippen LogP contribution is 2.46. The average molecular weight is 613 g/mol. The van der Waals surface area contributed by atoms with E-state index in [4.69, 9.17) is 0 Å². The molecule has 0 spiro atoms. The van der Waals surface area contributed by atoms with Crippen molar-refractivity contribution in [1.82, 2.24) is 0 Å². The monoisotopic (exact) mass is 612 g/mol. The van der Waals surface area contributed by atoms with E-state index in [1.54, 1.807) is 13.8 Å². The zero-order valence-electron chi connectivity index (χ0n) is 20.0. The summed E-state index contributed by atoms with van der Waals surface area (Å²) in [5.74, 6) is 6.64. The molecule has 0 aromatic carbocycles. The van der Waals surface area contributed by atoms with Gasteiger partial charge in [0.25, 0.3) is 0 Å². The zero-order valence-corrected chi connectivity index (χ0v) is 26.6. The van der Waals surface area contributed by atoms with Crippen LogP contribution in [-0.4, -0.2) is 74.9 Å². The highest BCUT2D eigenvalue weighted by molar-refractivity contribution is 8.23. The van der Waals surface area contributed by atoms with E-state index in [0.29, 0.717) is 30.8 Å². The molecule has 3 rings (SSSR count). The third kappa shape index (κ3) is 10.4. The molecule has 2 nitrogen and oxygen atoms in total. The van der Waals surface area contributed by atoms with Gasteiger partial charge < -0.3 is 0 Å². The Morgan fingerprint density at radius 1 is 0.735 bits per heavy atom. The number of thioether (sulfide) groups is 8. The lowest BCUT2D eigenvalue weighted by Crippen LogP contribution is -2.26. The van der Waals surface area contributed by atoms with Crippen LogP contribution in [0.2, 0.25) is 0 Å². The number of rotatable bonds is 12. The lowest BCUT2D eigenvalue weighted by Gasteiger charge is -2.31. The molecule has 0 radical (unpaired) electrons. The van der Waals surface area contributed by atoms with Gasteiger partial charge in [0.15, 0.2) is 0 Å². The summed E-state index contributed by atoms with van der Waals surface area (Å²) < 4.78 is 1.34. The second-order valence-corrected chi connectivity index (χ2v) is 19.4. The molecule has 1 saturated carbocycles. The maximum Gasteiger partial charge on any atom is 0.214 e. The predicted octanol–water partition coefficient (Wildman–Crippen LogP) is 7.79. The normalized spacial score (nSPS) is 31.5. The van der Waals surface area contributed by atoms with E-state index in [-0.39, 0.29) is 10.2 Å². The molecule has 6 atom stereocenters. The van der Waals surface area contributed by atoms with Gasteiger partial charge in [-0.1, -0.05) is 49.5 Å². The maximum atomic E-state index is 11.8. The summed E-state index contributed by atoms with van der Waals surface area (Å²) in [5, 5.41) is 3.05. The standard InChI is InChI=1S/C24H36O2S8/c1-15(2)23(25)31-11-17-9-29-21(33-17)13-27-19-7-5-6-8-20(19)28-14-22-30-10-18(34-22)12-32-24(26)16(3)4/h17-22H,1,3,5-14H2,2,4H3. The van der Waals surface area contributed by atoms with E-state index in [1.807, 2.05) is 0 Å². The first-order chi connectivity index (χ1) is 16.3. The Balaban J connectivity index is 1.33. The van der Waals surface area contributed by atoms with E-state index < -0.39 is 0 Å². The molecule has 3 aliphatic rings. The zero-order chi connectivity index (χ0) is 24.5. The van der Waals surface area contributed by atoms with Gasteiger partial charge in [-0.25, -0.2) is 0 Å². The van der Waals surface area contributed by atoms with Gasteiger partial charge in [0.05, 0.1) is 9.16 Å². The molecule has 2 aliphatic heterocycles. The van der Waals surface area contributed by atoms with Crippen molar-refractivity contribution in [1.29, 1.82) is 0 Å². The second-order valence-electron chi connectivity index (χ2n) is 8.83. The minimum absolute atomic E-state index is 0.148. The molecule has 34 heavy (non-hydrogen) atoms. The topological polar surface area (TPSA) is 34.1 Å². The summed E-state index contributed by atoms with van der Waals surface area (Å²) in [6.07, 6.45) is 5.49. The summed E-state index contributed by atoms with van der Waals surface area (Å²) in [6.45, 7) is 11.1. The molecule has 2 heterocycles. The third-order valence-corrected chi connectivity index (χ3v) is 19.0. The molecule has 0 amide bonds. The van der Waals surface area contributed by atoms with Gasteiger partial charge >= 0.3 is 0 Å². The van der Waals surface area contributed by atoms with Crippen LogP contribution in [0.5, 0.6) is 0 Å². The minimum atomic E-state index is 0.148. The maximum absolute atomic E-state index is 11.8. The van der Waals surface area contributed by atoms with E-state index in [2.05, 4.69) is 83.7 Å². The quantitative estimate of drug-likeness (QED) is 0.204. The number of carbonyl (C=O) groups excluding carboxylic acids is 2. The van der Waals surface area contributed by atoms with Crippen molar-refractivity contribution in [2.45, 2.75) is 69.7 Å². The smallest absolute Gasteiger partial charge is 0.214 e. The van der Waals surface area contributed by atoms with Crippen molar-refractivity contribution in [3.63, 3.8) is 0 Å². The summed E-state index contributed by atoms with van der Waals surface area (Å²) >= 11 is 15.7. The Hall–Kier alpha value is 1.62. The van der Waals surface area contributed by atoms with Crippen molar-refractivity contribution in [3.05, 3.63) is 24.3 Å². The summed E-state index contributed by atoms with van der Waals surface area (Å²) in [6, 6.07) is 0. The summed E-state index contributed by atoms with van der Waals surface area (Å²) in [7, 11) is 0. The lowest BCUT2D eigenvalue weighted by atomic mass is 10.00. The van der Waals surface area contributed by atoms with E-state index in [1.165, 1.54) is 72.2 Å². The first-order valence-electron chi connectivity index (χ1n) is 11.7. The van der Waals surface area contributed by atoms with Gasteiger partial charge in [0.1, 0.15) is 0 Å². The fourth-order valence-corrected chi connectivity index (χ4v) is 16.6. The van der Waals surface area contributed by atoms with Gasteiger partial charge in [-0.2, -0.15) is 23.5 Å². The van der Waals surface area contributed by atoms with Gasteiger partial charge in [0, 0.05) is 55.5 Å². The van der Waals surface area contributed by atoms with Crippen LogP contribution in [0.4, 0.5) is 0 Å². The Labute approximate surface area is 240 Å². The largest absolute Gasteiger partial charge is 0.282 e. The van der Waals surface area contributed by atoms with Crippen LogP contribution in [0, 0.1) is 0 Å². The first kappa shape index (κ1) is 30.2. The number of hydrogen-bond donors (Lipinski definition) is 0. The van der Waals surface area contributed by atoms with Crippen molar-refractivity contribution in [2.75, 3.05) is 34.5 Å². The average Bonchev–Trinajstić information content (AvgIpc) is 3.47. The number of hydrogen-bond acceptors (Lipinski definition) is 10.